The fourth-order valence-electron chi connectivity index (χ4n) is 2.58. The van der Waals surface area contributed by atoms with Crippen LogP contribution in [0, 0.1) is 5.82 Å². The van der Waals surface area contributed by atoms with Gasteiger partial charge in [0.25, 0.3) is 15.9 Å². The molecule has 0 saturated heterocycles. The minimum absolute atomic E-state index is 0.00166. The molecule has 3 rings (SSSR count). The first-order valence-electron chi connectivity index (χ1n) is 6.92. The lowest BCUT2D eigenvalue weighted by Gasteiger charge is -2.30. The summed E-state index contributed by atoms with van der Waals surface area (Å²) in [4.78, 5) is 11.6. The lowest BCUT2D eigenvalue weighted by Crippen LogP contribution is -2.39. The van der Waals surface area contributed by atoms with E-state index >= 15 is 0 Å². The van der Waals surface area contributed by atoms with Crippen LogP contribution in [0.5, 0.6) is 0 Å². The number of sulfonamides is 1. The topological polar surface area (TPSA) is 101 Å². The Morgan fingerprint density at radius 2 is 1.88 bits per heavy atom. The quantitative estimate of drug-likeness (QED) is 0.882. The van der Waals surface area contributed by atoms with E-state index in [2.05, 4.69) is 0 Å². The summed E-state index contributed by atoms with van der Waals surface area (Å²) in [6.45, 7) is -0.337. The van der Waals surface area contributed by atoms with Gasteiger partial charge >= 0.3 is 0 Å². The molecule has 0 bridgehead atoms. The van der Waals surface area contributed by atoms with Crippen LogP contribution < -0.4 is 5.73 Å². The van der Waals surface area contributed by atoms with E-state index in [9.17, 15) is 22.7 Å². The van der Waals surface area contributed by atoms with Crippen molar-refractivity contribution in [2.45, 2.75) is 11.4 Å². The average Bonchev–Trinajstić information content (AvgIpc) is 2.53. The molecule has 2 aromatic carbocycles. The van der Waals surface area contributed by atoms with Crippen molar-refractivity contribution < 1.29 is 22.7 Å². The number of fused-ring (bicyclic) bond motifs is 1. The molecule has 0 atom stereocenters. The normalized spacial score (nSPS) is 16.0. The first kappa shape index (κ1) is 16.0. The van der Waals surface area contributed by atoms with Crippen LogP contribution in [0.3, 0.4) is 0 Å². The predicted molar refractivity (Wildman–Crippen MR) is 84.3 cm³/mol. The second-order valence-electron chi connectivity index (χ2n) is 5.20. The molecule has 0 radical (unpaired) electrons. The Balaban J connectivity index is 2.20. The highest BCUT2D eigenvalue weighted by atomic mass is 32.2. The van der Waals surface area contributed by atoms with Crippen LogP contribution in [-0.2, 0) is 21.4 Å². The number of carbonyl (C=O) groups excluding carboxylic acids is 1. The van der Waals surface area contributed by atoms with E-state index in [-0.39, 0.29) is 17.0 Å². The Morgan fingerprint density at radius 3 is 2.54 bits per heavy atom. The molecule has 0 spiro atoms. The summed E-state index contributed by atoms with van der Waals surface area (Å²) in [5.41, 5.74) is 5.04. The molecule has 0 aliphatic carbocycles. The summed E-state index contributed by atoms with van der Waals surface area (Å²) >= 11 is 0. The third kappa shape index (κ3) is 2.50. The van der Waals surface area contributed by atoms with Crippen molar-refractivity contribution in [1.82, 2.24) is 4.31 Å². The smallest absolute Gasteiger partial charge is 0.269 e. The number of hydrogen-bond acceptors (Lipinski definition) is 4. The summed E-state index contributed by atoms with van der Waals surface area (Å²) in [5.74, 6) is -2.16. The van der Waals surface area contributed by atoms with Gasteiger partial charge in [0.15, 0.2) is 11.5 Å². The minimum atomic E-state index is -4.13. The molecule has 1 heterocycles. The van der Waals surface area contributed by atoms with Gasteiger partial charge < -0.3 is 10.8 Å². The lowest BCUT2D eigenvalue weighted by molar-refractivity contribution is -0.115. The van der Waals surface area contributed by atoms with Gasteiger partial charge in [-0.15, -0.1) is 0 Å². The van der Waals surface area contributed by atoms with Gasteiger partial charge in [0.1, 0.15) is 5.82 Å². The molecular formula is C16H13FN2O4S. The largest absolute Gasteiger partial charge is 0.505 e. The number of amides is 1. The third-order valence-corrected chi connectivity index (χ3v) is 5.44. The maximum Gasteiger partial charge on any atom is 0.269 e. The highest BCUT2D eigenvalue weighted by Crippen LogP contribution is 2.36. The average molecular weight is 348 g/mol. The lowest BCUT2D eigenvalue weighted by atomic mass is 10.1. The Hall–Kier alpha value is -2.87. The first-order valence-corrected chi connectivity index (χ1v) is 8.36. The van der Waals surface area contributed by atoms with Gasteiger partial charge in [-0.25, -0.2) is 12.8 Å². The van der Waals surface area contributed by atoms with Gasteiger partial charge in [-0.1, -0.05) is 24.3 Å². The summed E-state index contributed by atoms with van der Waals surface area (Å²) < 4.78 is 39.7. The number of halogens is 1. The fourth-order valence-corrected chi connectivity index (χ4v) is 4.24. The fraction of sp³-hybridized carbons (Fsp3) is 0.0625. The van der Waals surface area contributed by atoms with Crippen molar-refractivity contribution in [2.24, 2.45) is 5.73 Å². The van der Waals surface area contributed by atoms with Crippen LogP contribution in [-0.4, -0.2) is 23.7 Å². The number of rotatable bonds is 3. The molecule has 24 heavy (non-hydrogen) atoms. The predicted octanol–water partition coefficient (Wildman–Crippen LogP) is 1.74. The Labute approximate surface area is 137 Å². The third-order valence-electron chi connectivity index (χ3n) is 3.63. The highest BCUT2D eigenvalue weighted by Gasteiger charge is 2.39. The van der Waals surface area contributed by atoms with Gasteiger partial charge in [-0.2, -0.15) is 0 Å². The molecule has 1 aliphatic rings. The maximum absolute atomic E-state index is 13.4. The zero-order valence-electron chi connectivity index (χ0n) is 12.3. The standard InChI is InChI=1S/C16H13FN2O4S/c17-11-5-3-4-10(8-11)9-19-14(16(18)21)15(20)12-6-1-2-7-13(12)24(19,22)23/h1-8,20H,9H2,(H2,18,21). The van der Waals surface area contributed by atoms with Crippen LogP contribution in [0.1, 0.15) is 11.1 Å². The number of aliphatic hydroxyl groups is 1. The number of primary amides is 1. The summed E-state index contributed by atoms with van der Waals surface area (Å²) in [5, 5.41) is 10.3. The van der Waals surface area contributed by atoms with Crippen molar-refractivity contribution in [3.05, 3.63) is 71.2 Å². The molecule has 1 aliphatic heterocycles. The van der Waals surface area contributed by atoms with Crippen molar-refractivity contribution in [2.75, 3.05) is 0 Å². The van der Waals surface area contributed by atoms with Crippen molar-refractivity contribution >= 4 is 21.7 Å². The number of nitrogens with two attached hydrogens (primary N) is 1. The second-order valence-corrected chi connectivity index (χ2v) is 7.03. The number of carbonyl (C=O) groups is 1. The van der Waals surface area contributed by atoms with Gasteiger partial charge in [0.2, 0.25) is 0 Å². The van der Waals surface area contributed by atoms with E-state index < -0.39 is 33.2 Å². The molecule has 6 nitrogen and oxygen atoms in total. The zero-order chi connectivity index (χ0) is 17.5. The van der Waals surface area contributed by atoms with E-state index in [1.54, 1.807) is 0 Å². The molecule has 124 valence electrons. The number of benzene rings is 2. The van der Waals surface area contributed by atoms with E-state index in [0.717, 1.165) is 6.07 Å². The summed E-state index contributed by atoms with van der Waals surface area (Å²) in [7, 11) is -4.13. The number of aliphatic hydroxyl groups excluding tert-OH is 1. The van der Waals surface area contributed by atoms with Crippen molar-refractivity contribution in [1.29, 1.82) is 0 Å². The summed E-state index contributed by atoms with van der Waals surface area (Å²) in [6, 6.07) is 11.0. The molecule has 8 heteroatoms. The SMILES string of the molecule is NC(=O)C1=C(O)c2ccccc2S(=O)(=O)N1Cc1cccc(F)c1. The molecule has 1 amide bonds. The minimum Gasteiger partial charge on any atom is -0.505 e. The van der Waals surface area contributed by atoms with Crippen LogP contribution in [0.15, 0.2) is 59.1 Å². The van der Waals surface area contributed by atoms with Gasteiger partial charge in [-0.3, -0.25) is 9.10 Å². The Kier molecular flexibility index (Phi) is 3.76. The number of nitrogens with zero attached hydrogens (tertiary/aromatic N) is 1. The van der Waals surface area contributed by atoms with Crippen LogP contribution in [0.4, 0.5) is 4.39 Å². The van der Waals surface area contributed by atoms with Crippen LogP contribution >= 0.6 is 0 Å². The van der Waals surface area contributed by atoms with E-state index in [1.165, 1.54) is 42.5 Å². The second kappa shape index (κ2) is 5.64. The number of hydrogen-bond donors (Lipinski definition) is 2. The molecule has 3 N–H and O–H groups in total. The van der Waals surface area contributed by atoms with Crippen LogP contribution in [0.25, 0.3) is 5.76 Å². The monoisotopic (exact) mass is 348 g/mol. The first-order chi connectivity index (χ1) is 11.3. The Bertz CT molecular complexity index is 970. The van der Waals surface area contributed by atoms with Gasteiger partial charge in [-0.05, 0) is 29.8 Å². The van der Waals surface area contributed by atoms with Crippen molar-refractivity contribution in [3.63, 3.8) is 0 Å². The van der Waals surface area contributed by atoms with Gasteiger partial charge in [0.05, 0.1) is 11.4 Å². The van der Waals surface area contributed by atoms with E-state index in [4.69, 9.17) is 5.73 Å². The van der Waals surface area contributed by atoms with Crippen LogP contribution in [0.2, 0.25) is 0 Å². The molecule has 0 fully saturated rings. The van der Waals surface area contributed by atoms with E-state index in [0.29, 0.717) is 9.87 Å². The molecule has 2 aromatic rings. The van der Waals surface area contributed by atoms with Crippen molar-refractivity contribution in [3.8, 4) is 0 Å². The molecule has 0 unspecified atom stereocenters. The zero-order valence-corrected chi connectivity index (χ0v) is 13.1. The highest BCUT2D eigenvalue weighted by molar-refractivity contribution is 7.89. The molecule has 0 saturated carbocycles. The maximum atomic E-state index is 13.4. The van der Waals surface area contributed by atoms with Gasteiger partial charge in [0, 0.05) is 5.56 Å². The van der Waals surface area contributed by atoms with E-state index in [1.807, 2.05) is 0 Å². The molecule has 0 aromatic heterocycles. The molecular weight excluding hydrogens is 335 g/mol. The summed E-state index contributed by atoms with van der Waals surface area (Å²) in [6.07, 6.45) is 0. The Morgan fingerprint density at radius 1 is 1.17 bits per heavy atom.